The summed E-state index contributed by atoms with van der Waals surface area (Å²) in [6.45, 7) is 6.61. The van der Waals surface area contributed by atoms with E-state index < -0.39 is 0 Å². The molecule has 1 heterocycles. The third-order valence-corrected chi connectivity index (χ3v) is 5.89. The van der Waals surface area contributed by atoms with Crippen LogP contribution in [-0.4, -0.2) is 20.3 Å². The van der Waals surface area contributed by atoms with Crippen molar-refractivity contribution < 1.29 is 14.2 Å². The van der Waals surface area contributed by atoms with Gasteiger partial charge in [0.15, 0.2) is 11.5 Å². The van der Waals surface area contributed by atoms with Crippen molar-refractivity contribution in [2.24, 2.45) is 5.92 Å². The lowest BCUT2D eigenvalue weighted by atomic mass is 9.89. The van der Waals surface area contributed by atoms with Crippen molar-refractivity contribution in [1.82, 2.24) is 5.32 Å². The Morgan fingerprint density at radius 3 is 2.56 bits per heavy atom. The first-order valence-corrected chi connectivity index (χ1v) is 11.5. The Hall–Kier alpha value is -2.98. The molecule has 4 heteroatoms. The molecule has 1 unspecified atom stereocenters. The molecule has 0 aliphatic carbocycles. The van der Waals surface area contributed by atoms with Gasteiger partial charge in [0.05, 0.1) is 19.8 Å². The summed E-state index contributed by atoms with van der Waals surface area (Å²) in [5.41, 5.74) is 4.97. The molecule has 0 bridgehead atoms. The zero-order valence-electron chi connectivity index (χ0n) is 19.3. The number of rotatable bonds is 9. The summed E-state index contributed by atoms with van der Waals surface area (Å²) in [6, 6.07) is 23.1. The molecule has 1 aliphatic rings. The fourth-order valence-corrected chi connectivity index (χ4v) is 4.06. The first-order valence-electron chi connectivity index (χ1n) is 11.5. The lowest BCUT2D eigenvalue weighted by Crippen LogP contribution is -2.30. The monoisotopic (exact) mass is 431 g/mol. The third-order valence-electron chi connectivity index (χ3n) is 5.89. The van der Waals surface area contributed by atoms with Crippen LogP contribution in [0, 0.1) is 5.92 Å². The molecule has 4 nitrogen and oxygen atoms in total. The van der Waals surface area contributed by atoms with E-state index in [9.17, 15) is 0 Å². The molecule has 1 atom stereocenters. The fourth-order valence-electron chi connectivity index (χ4n) is 4.06. The molecule has 0 radical (unpaired) electrons. The highest BCUT2D eigenvalue weighted by Gasteiger charge is 2.23. The highest BCUT2D eigenvalue weighted by Crippen LogP contribution is 2.36. The van der Waals surface area contributed by atoms with Crippen LogP contribution in [0.4, 0.5) is 0 Å². The molecule has 4 rings (SSSR count). The summed E-state index contributed by atoms with van der Waals surface area (Å²) in [5.74, 6) is 3.12. The quantitative estimate of drug-likeness (QED) is 0.455. The van der Waals surface area contributed by atoms with Gasteiger partial charge in [0, 0.05) is 6.54 Å². The zero-order chi connectivity index (χ0) is 22.3. The van der Waals surface area contributed by atoms with Gasteiger partial charge in [-0.3, -0.25) is 0 Å². The van der Waals surface area contributed by atoms with Crippen LogP contribution in [0.3, 0.4) is 0 Å². The van der Waals surface area contributed by atoms with Crippen LogP contribution in [-0.2, 0) is 13.0 Å². The van der Waals surface area contributed by atoms with Crippen LogP contribution < -0.4 is 19.5 Å². The highest BCUT2D eigenvalue weighted by atomic mass is 16.5. The second-order valence-corrected chi connectivity index (χ2v) is 8.71. The number of methoxy groups -OCH3 is 1. The largest absolute Gasteiger partial charge is 0.493 e. The Kier molecular flexibility index (Phi) is 7.33. The molecule has 1 N–H and O–H groups in total. The van der Waals surface area contributed by atoms with Gasteiger partial charge >= 0.3 is 0 Å². The maximum Gasteiger partial charge on any atom is 0.161 e. The molecule has 1 aliphatic heterocycles. The van der Waals surface area contributed by atoms with Crippen molar-refractivity contribution >= 4 is 0 Å². The Balaban J connectivity index is 1.49. The van der Waals surface area contributed by atoms with Crippen LogP contribution in [0.15, 0.2) is 66.7 Å². The summed E-state index contributed by atoms with van der Waals surface area (Å²) in [6.07, 6.45) is 2.01. The molecular formula is C28H33NO3. The number of hydrogen-bond donors (Lipinski definition) is 1. The number of fused-ring (bicyclic) bond motifs is 1. The minimum atomic E-state index is 0.125. The molecule has 0 saturated carbocycles. The smallest absolute Gasteiger partial charge is 0.161 e. The van der Waals surface area contributed by atoms with Gasteiger partial charge in [0.1, 0.15) is 12.4 Å². The van der Waals surface area contributed by atoms with E-state index in [4.69, 9.17) is 14.2 Å². The van der Waals surface area contributed by atoms with Gasteiger partial charge in [0.25, 0.3) is 0 Å². The predicted molar refractivity (Wildman–Crippen MR) is 129 cm³/mol. The van der Waals surface area contributed by atoms with Gasteiger partial charge in [-0.05, 0) is 65.3 Å². The molecule has 0 spiro atoms. The number of hydrogen-bond acceptors (Lipinski definition) is 4. The second kappa shape index (κ2) is 10.6. The van der Waals surface area contributed by atoms with Crippen molar-refractivity contribution in [3.8, 4) is 17.2 Å². The first kappa shape index (κ1) is 22.2. The lowest BCUT2D eigenvalue weighted by molar-refractivity contribution is 0.272. The van der Waals surface area contributed by atoms with Gasteiger partial charge in [-0.2, -0.15) is 0 Å². The van der Waals surface area contributed by atoms with E-state index in [-0.39, 0.29) is 6.04 Å². The van der Waals surface area contributed by atoms with Crippen LogP contribution in [0.1, 0.15) is 48.6 Å². The molecule has 0 fully saturated rings. The summed E-state index contributed by atoms with van der Waals surface area (Å²) >= 11 is 0. The maximum atomic E-state index is 6.05. The van der Waals surface area contributed by atoms with Crippen LogP contribution in [0.5, 0.6) is 17.2 Å². The topological polar surface area (TPSA) is 39.7 Å². The second-order valence-electron chi connectivity index (χ2n) is 8.71. The predicted octanol–water partition coefficient (Wildman–Crippen LogP) is 5.93. The van der Waals surface area contributed by atoms with E-state index in [1.54, 1.807) is 7.11 Å². The SMILES string of the molecule is COc1cc(C2NCCc3cc(OCc4ccccc4)ccc32)ccc1OCCC(C)C. The van der Waals surface area contributed by atoms with Gasteiger partial charge in [0.2, 0.25) is 0 Å². The first-order chi connectivity index (χ1) is 15.6. The lowest BCUT2D eigenvalue weighted by Gasteiger charge is -2.28. The van der Waals surface area contributed by atoms with Crippen LogP contribution in [0.2, 0.25) is 0 Å². The van der Waals surface area contributed by atoms with Crippen LogP contribution in [0.25, 0.3) is 0 Å². The van der Waals surface area contributed by atoms with Gasteiger partial charge in [-0.25, -0.2) is 0 Å². The van der Waals surface area contributed by atoms with Gasteiger partial charge < -0.3 is 19.5 Å². The zero-order valence-corrected chi connectivity index (χ0v) is 19.3. The Morgan fingerprint density at radius 1 is 0.938 bits per heavy atom. The minimum absolute atomic E-state index is 0.125. The summed E-state index contributed by atoms with van der Waals surface area (Å²) in [7, 11) is 1.70. The van der Waals surface area contributed by atoms with Crippen molar-refractivity contribution in [3.05, 3.63) is 89.0 Å². The average molecular weight is 432 g/mol. The van der Waals surface area contributed by atoms with E-state index in [1.807, 2.05) is 24.3 Å². The Bertz CT molecular complexity index is 1020. The third kappa shape index (κ3) is 5.43. The summed E-state index contributed by atoms with van der Waals surface area (Å²) in [4.78, 5) is 0. The van der Waals surface area contributed by atoms with E-state index in [0.717, 1.165) is 36.6 Å². The standard InChI is InChI=1S/C28H33NO3/c1-20(2)14-16-31-26-12-9-23(18-27(26)30-3)28-25-11-10-24(17-22(25)13-15-29-28)32-19-21-7-5-4-6-8-21/h4-12,17-18,20,28-29H,13-16,19H2,1-3H3. The molecule has 168 valence electrons. The summed E-state index contributed by atoms with van der Waals surface area (Å²) in [5, 5.41) is 3.66. The minimum Gasteiger partial charge on any atom is -0.493 e. The highest BCUT2D eigenvalue weighted by molar-refractivity contribution is 5.49. The van der Waals surface area contributed by atoms with Crippen molar-refractivity contribution in [2.75, 3.05) is 20.3 Å². The van der Waals surface area contributed by atoms with Crippen LogP contribution >= 0.6 is 0 Å². The summed E-state index contributed by atoms with van der Waals surface area (Å²) < 4.78 is 17.7. The Labute approximate surface area is 191 Å². The number of benzene rings is 3. The van der Waals surface area contributed by atoms with E-state index in [0.29, 0.717) is 19.1 Å². The number of nitrogens with one attached hydrogen (secondary N) is 1. The Morgan fingerprint density at radius 2 is 1.78 bits per heavy atom. The fraction of sp³-hybridized carbons (Fsp3) is 0.357. The molecule has 0 amide bonds. The number of ether oxygens (including phenoxy) is 3. The normalized spacial score (nSPS) is 15.3. The maximum absolute atomic E-state index is 6.05. The van der Waals surface area contributed by atoms with E-state index in [1.165, 1.54) is 22.3 Å². The average Bonchev–Trinajstić information content (AvgIpc) is 2.83. The van der Waals surface area contributed by atoms with Crippen molar-refractivity contribution in [2.45, 2.75) is 39.3 Å². The molecule has 3 aromatic carbocycles. The molecular weight excluding hydrogens is 398 g/mol. The van der Waals surface area contributed by atoms with Gasteiger partial charge in [-0.15, -0.1) is 0 Å². The van der Waals surface area contributed by atoms with E-state index >= 15 is 0 Å². The van der Waals surface area contributed by atoms with Crippen molar-refractivity contribution in [3.63, 3.8) is 0 Å². The molecule has 0 saturated heterocycles. The molecule has 3 aromatic rings. The van der Waals surface area contributed by atoms with Gasteiger partial charge in [-0.1, -0.05) is 56.3 Å². The molecule has 0 aromatic heterocycles. The van der Waals surface area contributed by atoms with Crippen molar-refractivity contribution in [1.29, 1.82) is 0 Å². The molecule has 32 heavy (non-hydrogen) atoms. The van der Waals surface area contributed by atoms with E-state index in [2.05, 4.69) is 61.6 Å².